The molecule has 1 unspecified atom stereocenters. The number of nitriles is 2. The third-order valence-corrected chi connectivity index (χ3v) is 7.01. The van der Waals surface area contributed by atoms with Crippen molar-refractivity contribution >= 4 is 22.8 Å². The van der Waals surface area contributed by atoms with Gasteiger partial charge in [-0.15, -0.1) is 0 Å². The van der Waals surface area contributed by atoms with E-state index >= 15 is 0 Å². The Morgan fingerprint density at radius 3 is 2.16 bits per heavy atom. The molecule has 0 spiro atoms. The molecule has 0 saturated heterocycles. The summed E-state index contributed by atoms with van der Waals surface area (Å²) in [7, 11) is 0. The topological polar surface area (TPSA) is 136 Å². The molecular formula is C27H35N5O4S. The zero-order valence-corrected chi connectivity index (χ0v) is 23.3. The number of carbonyl (C=O) groups is 1. The van der Waals surface area contributed by atoms with E-state index in [1.54, 1.807) is 0 Å². The van der Waals surface area contributed by atoms with Gasteiger partial charge in [0.1, 0.15) is 17.9 Å². The van der Waals surface area contributed by atoms with E-state index in [4.69, 9.17) is 8.92 Å². The number of rotatable bonds is 11. The van der Waals surface area contributed by atoms with Gasteiger partial charge in [0, 0.05) is 17.9 Å². The van der Waals surface area contributed by atoms with Crippen LogP contribution in [0, 0.1) is 22.7 Å². The van der Waals surface area contributed by atoms with Crippen molar-refractivity contribution in [1.29, 1.82) is 10.5 Å². The van der Waals surface area contributed by atoms with Crippen LogP contribution in [0.15, 0.2) is 30.3 Å². The van der Waals surface area contributed by atoms with Crippen molar-refractivity contribution in [2.45, 2.75) is 65.2 Å². The van der Waals surface area contributed by atoms with Gasteiger partial charge in [-0.2, -0.15) is 10.5 Å². The first kappa shape index (κ1) is 29.5. The fraction of sp³-hybridized carbons (Fsp3) is 0.444. The Morgan fingerprint density at radius 1 is 0.973 bits per heavy atom. The van der Waals surface area contributed by atoms with E-state index in [-0.39, 0.29) is 40.1 Å². The molecule has 9 nitrogen and oxygen atoms in total. The molecule has 198 valence electrons. The SMILES string of the molecule is CCC(C)(C)c1ccc(OCNC(=O)NNc2cc(C#N)c(C#N)cc2OS(C)=O)c(C(C)(C)CC)c1. The number of hydrogen-bond donors (Lipinski definition) is 3. The second-order valence-corrected chi connectivity index (χ2v) is 10.8. The first-order chi connectivity index (χ1) is 17.4. The molecule has 3 N–H and O–H groups in total. The van der Waals surface area contributed by atoms with Crippen LogP contribution >= 0.6 is 0 Å². The molecule has 0 bridgehead atoms. The van der Waals surface area contributed by atoms with Crippen molar-refractivity contribution in [1.82, 2.24) is 10.7 Å². The van der Waals surface area contributed by atoms with Gasteiger partial charge in [-0.25, -0.2) is 9.00 Å². The fourth-order valence-corrected chi connectivity index (χ4v) is 3.80. The Labute approximate surface area is 221 Å². The molecule has 0 radical (unpaired) electrons. The third kappa shape index (κ3) is 7.61. The van der Waals surface area contributed by atoms with Gasteiger partial charge in [0.15, 0.2) is 12.5 Å². The third-order valence-electron chi connectivity index (χ3n) is 6.60. The number of ether oxygens (including phenoxy) is 1. The van der Waals surface area contributed by atoms with Crippen molar-refractivity contribution < 1.29 is 17.9 Å². The molecule has 1 atom stereocenters. The molecule has 2 rings (SSSR count). The lowest BCUT2D eigenvalue weighted by Crippen LogP contribution is -2.41. The highest BCUT2D eigenvalue weighted by Gasteiger charge is 2.26. The first-order valence-electron chi connectivity index (χ1n) is 12.0. The van der Waals surface area contributed by atoms with Gasteiger partial charge >= 0.3 is 6.03 Å². The highest BCUT2D eigenvalue weighted by Crippen LogP contribution is 2.38. The number of nitrogens with zero attached hydrogens (tertiary/aromatic N) is 2. The summed E-state index contributed by atoms with van der Waals surface area (Å²) < 4.78 is 22.7. The predicted molar refractivity (Wildman–Crippen MR) is 144 cm³/mol. The molecule has 0 aliphatic rings. The van der Waals surface area contributed by atoms with Crippen LogP contribution in [0.4, 0.5) is 10.5 Å². The zero-order chi connectivity index (χ0) is 27.8. The number of benzene rings is 2. The Morgan fingerprint density at radius 2 is 1.59 bits per heavy atom. The number of carbonyl (C=O) groups excluding carboxylic acids is 1. The lowest BCUT2D eigenvalue weighted by atomic mass is 9.76. The molecule has 0 heterocycles. The van der Waals surface area contributed by atoms with Crippen LogP contribution in [-0.4, -0.2) is 23.2 Å². The number of hydrogen-bond acceptors (Lipinski definition) is 7. The second kappa shape index (κ2) is 12.5. The minimum atomic E-state index is -1.69. The molecule has 2 aromatic rings. The maximum Gasteiger partial charge on any atom is 0.336 e. The van der Waals surface area contributed by atoms with E-state index in [0.29, 0.717) is 5.75 Å². The second-order valence-electron chi connectivity index (χ2n) is 9.83. The first-order valence-corrected chi connectivity index (χ1v) is 13.4. The smallest absolute Gasteiger partial charge is 0.336 e. The molecule has 2 amide bonds. The summed E-state index contributed by atoms with van der Waals surface area (Å²) >= 11 is -1.69. The van der Waals surface area contributed by atoms with Crippen molar-refractivity contribution in [3.63, 3.8) is 0 Å². The summed E-state index contributed by atoms with van der Waals surface area (Å²) in [5.74, 6) is 0.747. The number of urea groups is 1. The molecule has 0 aliphatic carbocycles. The Balaban J connectivity index is 2.12. The summed E-state index contributed by atoms with van der Waals surface area (Å²) in [6.45, 7) is 13.0. The van der Waals surface area contributed by atoms with Crippen LogP contribution < -0.4 is 25.1 Å². The van der Waals surface area contributed by atoms with Crippen LogP contribution in [0.2, 0.25) is 0 Å². The maximum atomic E-state index is 12.4. The molecule has 0 saturated carbocycles. The molecule has 0 fully saturated rings. The normalized spacial score (nSPS) is 12.0. The molecule has 0 aromatic heterocycles. The zero-order valence-electron chi connectivity index (χ0n) is 22.4. The van der Waals surface area contributed by atoms with Gasteiger partial charge in [-0.3, -0.25) is 10.9 Å². The molecule has 37 heavy (non-hydrogen) atoms. The molecular weight excluding hydrogens is 490 g/mol. The Bertz CT molecular complexity index is 1240. The minimum absolute atomic E-state index is 0.0324. The monoisotopic (exact) mass is 525 g/mol. The van der Waals surface area contributed by atoms with Crippen LogP contribution in [0.3, 0.4) is 0 Å². The lowest BCUT2D eigenvalue weighted by Gasteiger charge is -2.30. The summed E-state index contributed by atoms with van der Waals surface area (Å²) in [5, 5.41) is 21.1. The van der Waals surface area contributed by atoms with E-state index in [2.05, 4.69) is 69.8 Å². The number of nitrogens with one attached hydrogen (secondary N) is 3. The highest BCUT2D eigenvalue weighted by molar-refractivity contribution is 7.79. The van der Waals surface area contributed by atoms with Crippen LogP contribution in [0.1, 0.15) is 76.6 Å². The Kier molecular flexibility index (Phi) is 9.93. The van der Waals surface area contributed by atoms with Gasteiger partial charge in [0.2, 0.25) is 11.1 Å². The maximum absolute atomic E-state index is 12.4. The van der Waals surface area contributed by atoms with Gasteiger partial charge in [-0.05, 0) is 41.4 Å². The number of amides is 2. The summed E-state index contributed by atoms with van der Waals surface area (Å²) in [5.41, 5.74) is 7.58. The van der Waals surface area contributed by atoms with E-state index in [0.717, 1.165) is 18.4 Å². The molecule has 2 aromatic carbocycles. The van der Waals surface area contributed by atoms with E-state index in [9.17, 15) is 19.5 Å². The van der Waals surface area contributed by atoms with E-state index in [1.807, 2.05) is 18.2 Å². The van der Waals surface area contributed by atoms with Gasteiger partial charge in [-0.1, -0.05) is 53.7 Å². The predicted octanol–water partition coefficient (Wildman–Crippen LogP) is 5.14. The number of hydrazine groups is 1. The van der Waals surface area contributed by atoms with Gasteiger partial charge in [0.05, 0.1) is 16.8 Å². The van der Waals surface area contributed by atoms with Crippen molar-refractivity contribution in [3.05, 3.63) is 52.6 Å². The highest BCUT2D eigenvalue weighted by atomic mass is 32.2. The molecule has 10 heteroatoms. The van der Waals surface area contributed by atoms with Gasteiger partial charge in [0.25, 0.3) is 0 Å². The minimum Gasteiger partial charge on any atom is -0.473 e. The van der Waals surface area contributed by atoms with Crippen LogP contribution in [0.5, 0.6) is 11.5 Å². The standard InChI is InChI=1S/C27H35N5O4S/c1-8-26(3,4)20-10-11-23(21(14-20)27(5,6)9-2)35-17-30-25(33)32-31-22-12-18(15-28)19(16-29)13-24(22)36-37(7)34/h10-14,31H,8-9,17H2,1-7H3,(H2,30,32,33). The lowest BCUT2D eigenvalue weighted by molar-refractivity contribution is 0.224. The van der Waals surface area contributed by atoms with Crippen LogP contribution in [0.25, 0.3) is 0 Å². The van der Waals surface area contributed by atoms with Crippen molar-refractivity contribution in [2.24, 2.45) is 0 Å². The summed E-state index contributed by atoms with van der Waals surface area (Å²) in [6.07, 6.45) is 3.23. The van der Waals surface area contributed by atoms with Gasteiger partial charge < -0.3 is 14.2 Å². The summed E-state index contributed by atoms with van der Waals surface area (Å²) in [4.78, 5) is 12.4. The van der Waals surface area contributed by atoms with Crippen LogP contribution in [-0.2, 0) is 21.9 Å². The molecule has 0 aliphatic heterocycles. The Hall–Kier alpha value is -3.76. The average Bonchev–Trinajstić information content (AvgIpc) is 2.87. The largest absolute Gasteiger partial charge is 0.473 e. The average molecular weight is 526 g/mol. The fourth-order valence-electron chi connectivity index (χ4n) is 3.41. The van der Waals surface area contributed by atoms with Crippen molar-refractivity contribution in [2.75, 3.05) is 18.4 Å². The van der Waals surface area contributed by atoms with E-state index < -0.39 is 17.1 Å². The summed E-state index contributed by atoms with van der Waals surface area (Å²) in [6, 6.07) is 12.0. The number of anilines is 1. The van der Waals surface area contributed by atoms with E-state index in [1.165, 1.54) is 24.0 Å². The quantitative estimate of drug-likeness (QED) is 0.273. The van der Waals surface area contributed by atoms with Crippen molar-refractivity contribution in [3.8, 4) is 23.6 Å².